The standard InChI is InChI=1S/C15H22O3/c1-7-18-14(16)15(4,5)13-11(3)8-10(2)9-12(13)17-6/h8-9H,7H2,1-6H3. The van der Waals surface area contributed by atoms with Crippen molar-refractivity contribution in [3.8, 4) is 5.75 Å². The minimum atomic E-state index is -0.709. The molecule has 3 heteroatoms. The van der Waals surface area contributed by atoms with E-state index in [1.807, 2.05) is 40.7 Å². The number of hydrogen-bond acceptors (Lipinski definition) is 3. The van der Waals surface area contributed by atoms with E-state index in [-0.39, 0.29) is 5.97 Å². The number of hydrogen-bond donors (Lipinski definition) is 0. The number of ether oxygens (including phenoxy) is 2. The van der Waals surface area contributed by atoms with Gasteiger partial charge in [-0.05, 0) is 51.8 Å². The highest BCUT2D eigenvalue weighted by Gasteiger charge is 2.35. The molecule has 0 atom stereocenters. The average Bonchev–Trinajstić information content (AvgIpc) is 2.27. The van der Waals surface area contributed by atoms with Crippen molar-refractivity contribution in [2.75, 3.05) is 13.7 Å². The van der Waals surface area contributed by atoms with Crippen molar-refractivity contribution in [3.63, 3.8) is 0 Å². The predicted octanol–water partition coefficient (Wildman–Crippen LogP) is 3.15. The van der Waals surface area contributed by atoms with Crippen LogP contribution in [0.4, 0.5) is 0 Å². The van der Waals surface area contributed by atoms with E-state index >= 15 is 0 Å². The summed E-state index contributed by atoms with van der Waals surface area (Å²) in [6, 6.07) is 4.00. The maximum atomic E-state index is 12.1. The van der Waals surface area contributed by atoms with Crippen LogP contribution in [-0.4, -0.2) is 19.7 Å². The Balaban J connectivity index is 3.35. The predicted molar refractivity (Wildman–Crippen MR) is 72.1 cm³/mol. The molecule has 0 bridgehead atoms. The van der Waals surface area contributed by atoms with Crippen LogP contribution < -0.4 is 4.74 Å². The van der Waals surface area contributed by atoms with Gasteiger partial charge in [0, 0.05) is 5.56 Å². The van der Waals surface area contributed by atoms with Gasteiger partial charge in [0.1, 0.15) is 5.75 Å². The molecule has 0 saturated carbocycles. The molecule has 0 heterocycles. The molecule has 0 saturated heterocycles. The fourth-order valence-electron chi connectivity index (χ4n) is 2.30. The zero-order valence-corrected chi connectivity index (χ0v) is 12.1. The van der Waals surface area contributed by atoms with Gasteiger partial charge in [0.15, 0.2) is 0 Å². The first-order valence-electron chi connectivity index (χ1n) is 6.17. The number of methoxy groups -OCH3 is 1. The lowest BCUT2D eigenvalue weighted by Gasteiger charge is -2.27. The molecular formula is C15H22O3. The van der Waals surface area contributed by atoms with Gasteiger partial charge in [-0.1, -0.05) is 6.07 Å². The number of carbonyl (C=O) groups excluding carboxylic acids is 1. The van der Waals surface area contributed by atoms with E-state index in [4.69, 9.17) is 9.47 Å². The van der Waals surface area contributed by atoms with Gasteiger partial charge in [-0.25, -0.2) is 0 Å². The molecule has 0 amide bonds. The second kappa shape index (κ2) is 5.42. The van der Waals surface area contributed by atoms with Crippen LogP contribution in [-0.2, 0) is 14.9 Å². The van der Waals surface area contributed by atoms with Crippen molar-refractivity contribution in [1.82, 2.24) is 0 Å². The average molecular weight is 250 g/mol. The highest BCUT2D eigenvalue weighted by molar-refractivity contribution is 5.84. The molecule has 0 spiro atoms. The molecule has 1 aromatic carbocycles. The van der Waals surface area contributed by atoms with Gasteiger partial charge in [0.25, 0.3) is 0 Å². The van der Waals surface area contributed by atoms with Gasteiger partial charge < -0.3 is 9.47 Å². The lowest BCUT2D eigenvalue weighted by molar-refractivity contribution is -0.148. The number of benzene rings is 1. The van der Waals surface area contributed by atoms with Crippen LogP contribution in [0.15, 0.2) is 12.1 Å². The molecule has 3 nitrogen and oxygen atoms in total. The SMILES string of the molecule is CCOC(=O)C(C)(C)c1c(C)cc(C)cc1OC. The Bertz CT molecular complexity index is 447. The Morgan fingerprint density at radius 2 is 1.89 bits per heavy atom. The topological polar surface area (TPSA) is 35.5 Å². The molecular weight excluding hydrogens is 228 g/mol. The Morgan fingerprint density at radius 3 is 2.39 bits per heavy atom. The second-order valence-corrected chi connectivity index (χ2v) is 5.00. The first-order chi connectivity index (χ1) is 8.34. The maximum Gasteiger partial charge on any atom is 0.316 e. The minimum Gasteiger partial charge on any atom is -0.496 e. The van der Waals surface area contributed by atoms with Crippen LogP contribution in [0.2, 0.25) is 0 Å². The minimum absolute atomic E-state index is 0.227. The van der Waals surface area contributed by atoms with E-state index in [1.54, 1.807) is 7.11 Å². The van der Waals surface area contributed by atoms with Crippen LogP contribution in [0.3, 0.4) is 0 Å². The van der Waals surface area contributed by atoms with Crippen LogP contribution in [0.5, 0.6) is 5.75 Å². The molecule has 100 valence electrons. The van der Waals surface area contributed by atoms with Gasteiger partial charge >= 0.3 is 5.97 Å². The summed E-state index contributed by atoms with van der Waals surface area (Å²) in [5.74, 6) is 0.515. The van der Waals surface area contributed by atoms with Crippen molar-refractivity contribution >= 4 is 5.97 Å². The van der Waals surface area contributed by atoms with E-state index in [2.05, 4.69) is 6.07 Å². The number of rotatable bonds is 4. The van der Waals surface area contributed by atoms with E-state index in [0.717, 1.165) is 22.4 Å². The summed E-state index contributed by atoms with van der Waals surface area (Å²) < 4.78 is 10.6. The van der Waals surface area contributed by atoms with E-state index in [9.17, 15) is 4.79 Å². The molecule has 18 heavy (non-hydrogen) atoms. The van der Waals surface area contributed by atoms with Crippen LogP contribution in [0.1, 0.15) is 37.5 Å². The van der Waals surface area contributed by atoms with E-state index < -0.39 is 5.41 Å². The summed E-state index contributed by atoms with van der Waals surface area (Å²) >= 11 is 0. The van der Waals surface area contributed by atoms with Gasteiger partial charge in [-0.2, -0.15) is 0 Å². The monoisotopic (exact) mass is 250 g/mol. The molecule has 0 aliphatic heterocycles. The van der Waals surface area contributed by atoms with E-state index in [1.165, 1.54) is 0 Å². The lowest BCUT2D eigenvalue weighted by atomic mass is 9.81. The Kier molecular flexibility index (Phi) is 4.38. The third-order valence-corrected chi connectivity index (χ3v) is 3.07. The Hall–Kier alpha value is -1.51. The zero-order valence-electron chi connectivity index (χ0n) is 12.1. The third kappa shape index (κ3) is 2.66. The van der Waals surface area contributed by atoms with Crippen molar-refractivity contribution in [2.24, 2.45) is 0 Å². The lowest BCUT2D eigenvalue weighted by Crippen LogP contribution is -2.32. The highest BCUT2D eigenvalue weighted by Crippen LogP contribution is 2.36. The Labute approximate surface area is 109 Å². The van der Waals surface area contributed by atoms with Crippen molar-refractivity contribution in [1.29, 1.82) is 0 Å². The summed E-state index contributed by atoms with van der Waals surface area (Å²) in [6.45, 7) is 9.93. The van der Waals surface area contributed by atoms with Crippen LogP contribution in [0, 0.1) is 13.8 Å². The van der Waals surface area contributed by atoms with E-state index in [0.29, 0.717) is 6.61 Å². The normalized spacial score (nSPS) is 11.2. The molecule has 0 unspecified atom stereocenters. The molecule has 0 radical (unpaired) electrons. The summed E-state index contributed by atoms with van der Waals surface area (Å²) in [5.41, 5.74) is 2.35. The summed E-state index contributed by atoms with van der Waals surface area (Å²) in [6.07, 6.45) is 0. The highest BCUT2D eigenvalue weighted by atomic mass is 16.5. The van der Waals surface area contributed by atoms with Crippen molar-refractivity contribution in [3.05, 3.63) is 28.8 Å². The van der Waals surface area contributed by atoms with Gasteiger partial charge in [0.05, 0.1) is 19.1 Å². The third-order valence-electron chi connectivity index (χ3n) is 3.07. The van der Waals surface area contributed by atoms with Crippen LogP contribution in [0.25, 0.3) is 0 Å². The Morgan fingerprint density at radius 1 is 1.28 bits per heavy atom. The number of carbonyl (C=O) groups is 1. The quantitative estimate of drug-likeness (QED) is 0.770. The molecule has 0 N–H and O–H groups in total. The first-order valence-corrected chi connectivity index (χ1v) is 6.17. The molecule has 0 aliphatic carbocycles. The fourth-order valence-corrected chi connectivity index (χ4v) is 2.30. The largest absolute Gasteiger partial charge is 0.496 e. The zero-order chi connectivity index (χ0) is 13.9. The van der Waals surface area contributed by atoms with Crippen molar-refractivity contribution < 1.29 is 14.3 Å². The maximum absolute atomic E-state index is 12.1. The smallest absolute Gasteiger partial charge is 0.316 e. The first kappa shape index (κ1) is 14.6. The fraction of sp³-hybridized carbons (Fsp3) is 0.533. The molecule has 1 rings (SSSR count). The second-order valence-electron chi connectivity index (χ2n) is 5.00. The summed E-state index contributed by atoms with van der Waals surface area (Å²) in [7, 11) is 1.62. The molecule has 0 fully saturated rings. The molecule has 0 aromatic heterocycles. The number of aryl methyl sites for hydroxylation is 2. The van der Waals surface area contributed by atoms with Gasteiger partial charge in [-0.15, -0.1) is 0 Å². The van der Waals surface area contributed by atoms with Crippen LogP contribution >= 0.6 is 0 Å². The summed E-state index contributed by atoms with van der Waals surface area (Å²) in [5, 5.41) is 0. The molecule has 0 aliphatic rings. The number of esters is 1. The summed E-state index contributed by atoms with van der Waals surface area (Å²) in [4.78, 5) is 12.1. The van der Waals surface area contributed by atoms with Gasteiger partial charge in [0.2, 0.25) is 0 Å². The molecule has 1 aromatic rings. The van der Waals surface area contributed by atoms with Gasteiger partial charge in [-0.3, -0.25) is 4.79 Å². The van der Waals surface area contributed by atoms with Crippen molar-refractivity contribution in [2.45, 2.75) is 40.0 Å².